The molecule has 3 amide bonds. The van der Waals surface area contributed by atoms with Gasteiger partial charge < -0.3 is 9.88 Å². The van der Waals surface area contributed by atoms with E-state index in [-0.39, 0.29) is 5.91 Å². The van der Waals surface area contributed by atoms with Crippen molar-refractivity contribution in [2.75, 3.05) is 0 Å². The Bertz CT molecular complexity index is 705. The van der Waals surface area contributed by atoms with E-state index in [1.807, 2.05) is 0 Å². The summed E-state index contributed by atoms with van der Waals surface area (Å²) in [5.74, 6) is -0.924. The molecule has 0 aromatic carbocycles. The molecule has 7 nitrogen and oxygen atoms in total. The Labute approximate surface area is 131 Å². The topological polar surface area (TPSA) is 92.2 Å². The highest BCUT2D eigenvalue weighted by Gasteiger charge is 2.12. The minimum Gasteiger partial charge on any atom is -0.351 e. The van der Waals surface area contributed by atoms with Gasteiger partial charge in [-0.2, -0.15) is 0 Å². The lowest BCUT2D eigenvalue weighted by atomic mass is 10.4. The van der Waals surface area contributed by atoms with E-state index >= 15 is 0 Å². The van der Waals surface area contributed by atoms with Gasteiger partial charge in [-0.05, 0) is 24.3 Å². The number of rotatable bonds is 4. The summed E-state index contributed by atoms with van der Waals surface area (Å²) in [5.41, 5.74) is 5.17. The second-order valence-electron chi connectivity index (χ2n) is 4.59. The minimum absolute atomic E-state index is 0.130. The summed E-state index contributed by atoms with van der Waals surface area (Å²) in [6.07, 6.45) is 1.74. The molecule has 116 valence electrons. The van der Waals surface area contributed by atoms with Crippen LogP contribution in [0.4, 0.5) is 0 Å². The smallest absolute Gasteiger partial charge is 0.286 e. The van der Waals surface area contributed by atoms with Gasteiger partial charge in [0.25, 0.3) is 11.8 Å². The number of nitrogens with zero attached hydrogens (tertiary/aromatic N) is 1. The molecule has 0 atom stereocenters. The van der Waals surface area contributed by atoms with Crippen molar-refractivity contribution in [1.82, 2.24) is 20.7 Å². The van der Waals surface area contributed by atoms with Crippen LogP contribution in [0.15, 0.2) is 30.5 Å². The Kier molecular flexibility index (Phi) is 4.95. The number of hydrazine groups is 1. The van der Waals surface area contributed by atoms with Crippen LogP contribution in [0.2, 0.25) is 0 Å². The van der Waals surface area contributed by atoms with Crippen molar-refractivity contribution in [1.29, 1.82) is 0 Å². The number of hydrogen-bond donors (Lipinski definition) is 3. The Morgan fingerprint density at radius 2 is 1.86 bits per heavy atom. The van der Waals surface area contributed by atoms with Crippen molar-refractivity contribution in [2.45, 2.75) is 13.5 Å². The molecule has 0 fully saturated rings. The Hall–Kier alpha value is -2.61. The standard InChI is InChI=1S/C14H16N4O3S/c1-9(19)15-8-10-5-6-12(22-10)14(21)17-16-13(20)11-4-3-7-18(11)2/h3-7H,8H2,1-2H3,(H,15,19)(H,16,20)(H,17,21). The minimum atomic E-state index is -0.401. The molecule has 3 N–H and O–H groups in total. The maximum Gasteiger partial charge on any atom is 0.286 e. The number of hydrogen-bond acceptors (Lipinski definition) is 4. The van der Waals surface area contributed by atoms with Gasteiger partial charge in [0, 0.05) is 25.0 Å². The van der Waals surface area contributed by atoms with Gasteiger partial charge in [-0.15, -0.1) is 11.3 Å². The molecule has 0 bridgehead atoms. The number of thiophene rings is 1. The lowest BCUT2D eigenvalue weighted by molar-refractivity contribution is -0.119. The molecular weight excluding hydrogens is 304 g/mol. The molecule has 0 radical (unpaired) electrons. The van der Waals surface area contributed by atoms with Crippen LogP contribution in [-0.4, -0.2) is 22.3 Å². The van der Waals surface area contributed by atoms with Crippen molar-refractivity contribution in [3.05, 3.63) is 45.9 Å². The summed E-state index contributed by atoms with van der Waals surface area (Å²) in [7, 11) is 1.74. The van der Waals surface area contributed by atoms with Crippen molar-refractivity contribution in [3.8, 4) is 0 Å². The quantitative estimate of drug-likeness (QED) is 0.728. The molecule has 0 unspecified atom stereocenters. The van der Waals surface area contributed by atoms with Crippen LogP contribution >= 0.6 is 11.3 Å². The average molecular weight is 320 g/mol. The van der Waals surface area contributed by atoms with Gasteiger partial charge >= 0.3 is 0 Å². The first-order valence-corrected chi connectivity index (χ1v) is 7.34. The van der Waals surface area contributed by atoms with Crippen LogP contribution in [0.3, 0.4) is 0 Å². The highest BCUT2D eigenvalue weighted by Crippen LogP contribution is 2.15. The molecule has 2 aromatic heterocycles. The van der Waals surface area contributed by atoms with Crippen LogP contribution < -0.4 is 16.2 Å². The van der Waals surface area contributed by atoms with E-state index in [1.54, 1.807) is 42.1 Å². The summed E-state index contributed by atoms with van der Waals surface area (Å²) >= 11 is 1.25. The first kappa shape index (κ1) is 15.8. The fraction of sp³-hybridized carbons (Fsp3) is 0.214. The third kappa shape index (κ3) is 3.95. The number of nitrogens with one attached hydrogen (secondary N) is 3. The number of carbonyl (C=O) groups is 3. The van der Waals surface area contributed by atoms with E-state index in [0.717, 1.165) is 4.88 Å². The van der Waals surface area contributed by atoms with E-state index in [4.69, 9.17) is 0 Å². The van der Waals surface area contributed by atoms with Crippen molar-refractivity contribution < 1.29 is 14.4 Å². The Balaban J connectivity index is 1.88. The van der Waals surface area contributed by atoms with Crippen LogP contribution in [0.5, 0.6) is 0 Å². The third-order valence-electron chi connectivity index (χ3n) is 2.86. The maximum absolute atomic E-state index is 11.9. The number of carbonyl (C=O) groups excluding carboxylic acids is 3. The Morgan fingerprint density at radius 3 is 2.50 bits per heavy atom. The summed E-state index contributed by atoms with van der Waals surface area (Å²) < 4.78 is 1.65. The van der Waals surface area contributed by atoms with Gasteiger partial charge in [0.1, 0.15) is 5.69 Å². The molecule has 0 aliphatic rings. The monoisotopic (exact) mass is 320 g/mol. The summed E-state index contributed by atoms with van der Waals surface area (Å²) in [5, 5.41) is 2.66. The molecule has 2 aromatic rings. The summed E-state index contributed by atoms with van der Waals surface area (Å²) in [6, 6.07) is 6.79. The van der Waals surface area contributed by atoms with Crippen LogP contribution in [0, 0.1) is 0 Å². The summed E-state index contributed by atoms with van der Waals surface area (Å²) in [4.78, 5) is 35.9. The van der Waals surface area contributed by atoms with Crippen molar-refractivity contribution in [3.63, 3.8) is 0 Å². The highest BCUT2D eigenvalue weighted by molar-refractivity contribution is 7.14. The van der Waals surface area contributed by atoms with Crippen LogP contribution in [0.25, 0.3) is 0 Å². The second-order valence-corrected chi connectivity index (χ2v) is 5.76. The van der Waals surface area contributed by atoms with Gasteiger partial charge in [0.05, 0.1) is 11.4 Å². The van der Waals surface area contributed by atoms with Crippen LogP contribution in [-0.2, 0) is 18.4 Å². The zero-order chi connectivity index (χ0) is 16.1. The molecule has 0 saturated carbocycles. The number of amides is 3. The fourth-order valence-corrected chi connectivity index (χ4v) is 2.59. The first-order valence-electron chi connectivity index (χ1n) is 6.52. The van der Waals surface area contributed by atoms with Gasteiger partial charge in [-0.3, -0.25) is 25.2 Å². The number of aryl methyl sites for hydroxylation is 1. The third-order valence-corrected chi connectivity index (χ3v) is 3.95. The van der Waals surface area contributed by atoms with Gasteiger partial charge in [0.2, 0.25) is 5.91 Å². The van der Waals surface area contributed by atoms with E-state index in [0.29, 0.717) is 17.1 Å². The Morgan fingerprint density at radius 1 is 1.14 bits per heavy atom. The van der Waals surface area contributed by atoms with Crippen molar-refractivity contribution >= 4 is 29.1 Å². The molecule has 0 saturated heterocycles. The highest BCUT2D eigenvalue weighted by atomic mass is 32.1. The van der Waals surface area contributed by atoms with E-state index in [9.17, 15) is 14.4 Å². The lowest BCUT2D eigenvalue weighted by Crippen LogP contribution is -2.41. The normalized spacial score (nSPS) is 10.1. The average Bonchev–Trinajstić information content (AvgIpc) is 3.11. The second kappa shape index (κ2) is 6.90. The molecule has 0 spiro atoms. The van der Waals surface area contributed by atoms with Crippen molar-refractivity contribution in [2.24, 2.45) is 7.05 Å². The first-order chi connectivity index (χ1) is 10.5. The molecule has 22 heavy (non-hydrogen) atoms. The van der Waals surface area contributed by atoms with E-state index < -0.39 is 11.8 Å². The van der Waals surface area contributed by atoms with Gasteiger partial charge in [-0.1, -0.05) is 0 Å². The van der Waals surface area contributed by atoms with E-state index in [2.05, 4.69) is 16.2 Å². The van der Waals surface area contributed by atoms with Gasteiger partial charge in [0.15, 0.2) is 0 Å². The zero-order valence-electron chi connectivity index (χ0n) is 12.2. The SMILES string of the molecule is CC(=O)NCc1ccc(C(=O)NNC(=O)c2cccn2C)s1. The van der Waals surface area contributed by atoms with E-state index in [1.165, 1.54) is 18.3 Å². The maximum atomic E-state index is 11.9. The molecule has 2 rings (SSSR count). The molecule has 0 aliphatic heterocycles. The molecule has 2 heterocycles. The van der Waals surface area contributed by atoms with Gasteiger partial charge in [-0.25, -0.2) is 0 Å². The van der Waals surface area contributed by atoms with Crippen LogP contribution in [0.1, 0.15) is 32.0 Å². The fourth-order valence-electron chi connectivity index (χ4n) is 1.74. The number of aromatic nitrogens is 1. The zero-order valence-corrected chi connectivity index (χ0v) is 13.0. The predicted molar refractivity (Wildman–Crippen MR) is 82.2 cm³/mol. The lowest BCUT2D eigenvalue weighted by Gasteiger charge is -2.06. The molecular formula is C14H16N4O3S. The molecule has 0 aliphatic carbocycles. The summed E-state index contributed by atoms with van der Waals surface area (Å²) in [6.45, 7) is 1.81. The molecule has 8 heteroatoms. The predicted octanol–water partition coefficient (Wildman–Crippen LogP) is 0.797. The largest absolute Gasteiger partial charge is 0.351 e.